The van der Waals surface area contributed by atoms with Gasteiger partial charge in [0.1, 0.15) is 5.82 Å². The Hall–Kier alpha value is -2.15. The molecule has 0 spiro atoms. The number of nitrogens with zero attached hydrogens (tertiary/aromatic N) is 2. The number of nitrogens with one attached hydrogen (secondary N) is 1. The summed E-state index contributed by atoms with van der Waals surface area (Å²) in [6, 6.07) is 5.19. The smallest absolute Gasteiger partial charge is 0.255 e. The normalized spacial score (nSPS) is 10.1. The van der Waals surface area contributed by atoms with Crippen LogP contribution in [0.15, 0.2) is 35.1 Å². The molecule has 0 aromatic carbocycles. The van der Waals surface area contributed by atoms with Crippen LogP contribution in [0.1, 0.15) is 15.9 Å². The van der Waals surface area contributed by atoms with Gasteiger partial charge >= 0.3 is 0 Å². The molecule has 0 fully saturated rings. The Balaban J connectivity index is 2.02. The van der Waals surface area contributed by atoms with E-state index in [1.54, 1.807) is 31.6 Å². The SMILES string of the molecule is COc1ccc(CNC(=O)c2cc(Br)cnc2N)cn1. The molecule has 0 radical (unpaired) electrons. The topological polar surface area (TPSA) is 90.1 Å². The third-order valence-corrected chi connectivity index (χ3v) is 3.02. The van der Waals surface area contributed by atoms with Crippen molar-refractivity contribution in [1.29, 1.82) is 0 Å². The first-order chi connectivity index (χ1) is 9.60. The molecular formula is C13H13BrN4O2. The first kappa shape index (κ1) is 14.3. The minimum absolute atomic E-state index is 0.193. The van der Waals surface area contributed by atoms with Crippen LogP contribution in [0.3, 0.4) is 0 Å². The Morgan fingerprint density at radius 3 is 2.85 bits per heavy atom. The summed E-state index contributed by atoms with van der Waals surface area (Å²) in [7, 11) is 1.55. The van der Waals surface area contributed by atoms with E-state index in [0.717, 1.165) is 5.56 Å². The quantitative estimate of drug-likeness (QED) is 0.887. The molecule has 0 aliphatic heterocycles. The van der Waals surface area contributed by atoms with Crippen LogP contribution in [0, 0.1) is 0 Å². The molecule has 0 saturated heterocycles. The van der Waals surface area contributed by atoms with Crippen molar-refractivity contribution in [1.82, 2.24) is 15.3 Å². The number of carbonyl (C=O) groups excluding carboxylic acids is 1. The molecule has 1 amide bonds. The van der Waals surface area contributed by atoms with Crippen molar-refractivity contribution in [2.45, 2.75) is 6.54 Å². The highest BCUT2D eigenvalue weighted by Gasteiger charge is 2.11. The summed E-state index contributed by atoms with van der Waals surface area (Å²) >= 11 is 3.25. The van der Waals surface area contributed by atoms with E-state index in [9.17, 15) is 4.79 Å². The number of halogens is 1. The second kappa shape index (κ2) is 6.33. The number of carbonyl (C=O) groups is 1. The molecule has 0 aliphatic carbocycles. The fraction of sp³-hybridized carbons (Fsp3) is 0.154. The van der Waals surface area contributed by atoms with Crippen molar-refractivity contribution >= 4 is 27.7 Å². The zero-order valence-corrected chi connectivity index (χ0v) is 12.3. The van der Waals surface area contributed by atoms with Crippen molar-refractivity contribution in [3.05, 3.63) is 46.2 Å². The molecule has 2 aromatic heterocycles. The van der Waals surface area contributed by atoms with Gasteiger partial charge < -0.3 is 15.8 Å². The molecule has 104 valence electrons. The molecule has 3 N–H and O–H groups in total. The molecule has 7 heteroatoms. The van der Waals surface area contributed by atoms with Gasteiger partial charge in [-0.15, -0.1) is 0 Å². The lowest BCUT2D eigenvalue weighted by atomic mass is 10.2. The Bertz CT molecular complexity index is 616. The molecule has 2 rings (SSSR count). The van der Waals surface area contributed by atoms with E-state index in [2.05, 4.69) is 31.2 Å². The summed E-state index contributed by atoms with van der Waals surface area (Å²) in [5.41, 5.74) is 6.87. The van der Waals surface area contributed by atoms with Gasteiger partial charge in [-0.25, -0.2) is 9.97 Å². The molecular weight excluding hydrogens is 324 g/mol. The van der Waals surface area contributed by atoms with E-state index < -0.39 is 0 Å². The van der Waals surface area contributed by atoms with Crippen molar-refractivity contribution < 1.29 is 9.53 Å². The number of ether oxygens (including phenoxy) is 1. The third-order valence-electron chi connectivity index (χ3n) is 2.59. The number of aromatic nitrogens is 2. The van der Waals surface area contributed by atoms with Gasteiger partial charge in [-0.1, -0.05) is 6.07 Å². The van der Waals surface area contributed by atoms with E-state index in [1.807, 2.05) is 6.07 Å². The van der Waals surface area contributed by atoms with Crippen molar-refractivity contribution in [3.8, 4) is 5.88 Å². The number of hydrogen-bond acceptors (Lipinski definition) is 5. The minimum Gasteiger partial charge on any atom is -0.481 e. The van der Waals surface area contributed by atoms with Gasteiger partial charge in [-0.2, -0.15) is 0 Å². The zero-order chi connectivity index (χ0) is 14.5. The highest BCUT2D eigenvalue weighted by molar-refractivity contribution is 9.10. The Morgan fingerprint density at radius 2 is 2.20 bits per heavy atom. The van der Waals surface area contributed by atoms with Gasteiger partial charge in [0.05, 0.1) is 12.7 Å². The van der Waals surface area contributed by atoms with Crippen molar-refractivity contribution in [2.75, 3.05) is 12.8 Å². The summed E-state index contributed by atoms with van der Waals surface area (Å²) < 4.78 is 5.66. The number of methoxy groups -OCH3 is 1. The summed E-state index contributed by atoms with van der Waals surface area (Å²) in [6.45, 7) is 0.349. The fourth-order valence-electron chi connectivity index (χ4n) is 1.55. The fourth-order valence-corrected chi connectivity index (χ4v) is 1.88. The minimum atomic E-state index is -0.285. The number of anilines is 1. The molecule has 0 aliphatic rings. The number of amides is 1. The largest absolute Gasteiger partial charge is 0.481 e. The van der Waals surface area contributed by atoms with Crippen LogP contribution >= 0.6 is 15.9 Å². The van der Waals surface area contributed by atoms with E-state index >= 15 is 0 Å². The maximum atomic E-state index is 12.0. The lowest BCUT2D eigenvalue weighted by molar-refractivity contribution is 0.0951. The Labute approximate surface area is 124 Å². The number of hydrogen-bond donors (Lipinski definition) is 2. The second-order valence-corrected chi connectivity index (χ2v) is 4.89. The predicted octanol–water partition coefficient (Wildman–Crippen LogP) is 1.76. The average Bonchev–Trinajstić information content (AvgIpc) is 2.47. The molecule has 0 unspecified atom stereocenters. The summed E-state index contributed by atoms with van der Waals surface area (Å²) in [5, 5.41) is 2.76. The van der Waals surface area contributed by atoms with E-state index in [1.165, 1.54) is 0 Å². The Kier molecular flexibility index (Phi) is 4.52. The molecule has 2 heterocycles. The standard InChI is InChI=1S/C13H13BrN4O2/c1-20-11-3-2-8(5-16-11)6-18-13(19)10-4-9(14)7-17-12(10)15/h2-5,7H,6H2,1H3,(H2,15,17)(H,18,19). The zero-order valence-electron chi connectivity index (χ0n) is 10.8. The van der Waals surface area contributed by atoms with Crippen LogP contribution in [0.4, 0.5) is 5.82 Å². The Morgan fingerprint density at radius 1 is 1.40 bits per heavy atom. The van der Waals surface area contributed by atoms with E-state index in [0.29, 0.717) is 22.5 Å². The predicted molar refractivity (Wildman–Crippen MR) is 78.3 cm³/mol. The summed E-state index contributed by atoms with van der Waals surface area (Å²) in [6.07, 6.45) is 3.18. The van der Waals surface area contributed by atoms with E-state index in [4.69, 9.17) is 10.5 Å². The molecule has 0 atom stereocenters. The first-order valence-corrected chi connectivity index (χ1v) is 6.57. The van der Waals surface area contributed by atoms with Gasteiger partial charge in [0.2, 0.25) is 5.88 Å². The number of rotatable bonds is 4. The second-order valence-electron chi connectivity index (χ2n) is 3.98. The highest BCUT2D eigenvalue weighted by atomic mass is 79.9. The molecule has 0 saturated carbocycles. The third kappa shape index (κ3) is 3.45. The van der Waals surface area contributed by atoms with Crippen LogP contribution in [-0.2, 0) is 6.54 Å². The summed E-state index contributed by atoms with van der Waals surface area (Å²) in [4.78, 5) is 20.0. The molecule has 20 heavy (non-hydrogen) atoms. The lowest BCUT2D eigenvalue weighted by Gasteiger charge is -2.07. The van der Waals surface area contributed by atoms with E-state index in [-0.39, 0.29) is 11.7 Å². The number of pyridine rings is 2. The van der Waals surface area contributed by atoms with Crippen LogP contribution in [0.2, 0.25) is 0 Å². The van der Waals surface area contributed by atoms with Gasteiger partial charge in [0, 0.05) is 29.5 Å². The monoisotopic (exact) mass is 336 g/mol. The van der Waals surface area contributed by atoms with Gasteiger partial charge in [0.15, 0.2) is 0 Å². The maximum absolute atomic E-state index is 12.0. The van der Waals surface area contributed by atoms with Gasteiger partial charge in [-0.3, -0.25) is 4.79 Å². The number of nitrogen functional groups attached to an aromatic ring is 1. The average molecular weight is 337 g/mol. The molecule has 6 nitrogen and oxygen atoms in total. The van der Waals surface area contributed by atoms with Crippen molar-refractivity contribution in [3.63, 3.8) is 0 Å². The van der Waals surface area contributed by atoms with Crippen LogP contribution in [0.5, 0.6) is 5.88 Å². The van der Waals surface area contributed by atoms with Crippen LogP contribution in [-0.4, -0.2) is 23.0 Å². The molecule has 0 bridgehead atoms. The number of nitrogens with two attached hydrogens (primary N) is 1. The van der Waals surface area contributed by atoms with Gasteiger partial charge in [0.25, 0.3) is 5.91 Å². The molecule has 2 aromatic rings. The highest BCUT2D eigenvalue weighted by Crippen LogP contribution is 2.15. The van der Waals surface area contributed by atoms with Crippen LogP contribution in [0.25, 0.3) is 0 Å². The van der Waals surface area contributed by atoms with Crippen LogP contribution < -0.4 is 15.8 Å². The first-order valence-electron chi connectivity index (χ1n) is 5.78. The van der Waals surface area contributed by atoms with Crippen molar-refractivity contribution in [2.24, 2.45) is 0 Å². The van der Waals surface area contributed by atoms with Gasteiger partial charge in [-0.05, 0) is 27.6 Å². The lowest BCUT2D eigenvalue weighted by Crippen LogP contribution is -2.24. The maximum Gasteiger partial charge on any atom is 0.255 e. The summed E-state index contributed by atoms with van der Waals surface area (Å²) in [5.74, 6) is 0.436.